The third-order valence-electron chi connectivity index (χ3n) is 15.5. The first-order chi connectivity index (χ1) is 39.1. The summed E-state index contributed by atoms with van der Waals surface area (Å²) in [6.07, 6.45) is 3.75. The SMILES string of the molecule is CCC.CCC.CCC.Cc1cc(C2C(=O)Oc3c(C)cc(C(C)(C)C)cc32)cc(C)c1C.Cc1cc(C2C(=O)Oc3c(C)cc(C(C)(C)C)cc32)cc(C)c1C.Cc1cc(C2C(=O)Oc3c(C)cc(C(C)(C)C)cc32)cc(C)c1OCCO. The number of rotatable bonds is 6. The monoisotopic (exact) mass is 1140 g/mol. The van der Waals surface area contributed by atoms with Gasteiger partial charge in [-0.2, -0.15) is 0 Å². The van der Waals surface area contributed by atoms with Crippen LogP contribution in [0.15, 0.2) is 72.8 Å². The second-order valence-corrected chi connectivity index (χ2v) is 26.7. The standard InChI is InChI=1S/C23H28O4.2C22H26O2.3C3H8/c1-13-9-16(10-14(2)20(13)26-8-7-24)19-18-12-17(23(4,5)6)11-15(3)21(18)27-22(19)25;2*1-12-8-16(9-13(2)15(12)4)19-18-11-17(22(5,6)7)10-14(3)20(18)24-21(19)23;3*1-3-2/h9-12,19,24H,7-8H2,1-6H3;2*8-11,19H,1-7H3;3*3H2,1-2H3. The van der Waals surface area contributed by atoms with Gasteiger partial charge in [0.2, 0.25) is 0 Å². The van der Waals surface area contributed by atoms with Crippen molar-refractivity contribution in [2.45, 2.75) is 233 Å². The average Bonchev–Trinajstić information content (AvgIpc) is 2.78. The zero-order valence-corrected chi connectivity index (χ0v) is 56.5. The van der Waals surface area contributed by atoms with Crippen LogP contribution >= 0.6 is 0 Å². The minimum absolute atomic E-state index is 0.0101. The largest absolute Gasteiger partial charge is 0.491 e. The van der Waals surface area contributed by atoms with E-state index in [1.807, 2.05) is 46.8 Å². The Hall–Kier alpha value is -6.51. The van der Waals surface area contributed by atoms with Crippen LogP contribution in [0.2, 0.25) is 0 Å². The number of aliphatic hydroxyl groups is 1. The highest BCUT2D eigenvalue weighted by atomic mass is 16.6. The number of fused-ring (bicyclic) bond motifs is 3. The van der Waals surface area contributed by atoms with E-state index >= 15 is 0 Å². The van der Waals surface area contributed by atoms with Crippen LogP contribution in [0, 0.1) is 76.2 Å². The number of carbonyl (C=O) groups excluding carboxylic acids is 3. The van der Waals surface area contributed by atoms with Gasteiger partial charge in [0.25, 0.3) is 0 Å². The van der Waals surface area contributed by atoms with Gasteiger partial charge in [-0.15, -0.1) is 0 Å². The molecule has 0 aliphatic carbocycles. The molecule has 3 heterocycles. The van der Waals surface area contributed by atoms with Crippen LogP contribution < -0.4 is 18.9 Å². The molecule has 3 atom stereocenters. The maximum absolute atomic E-state index is 12.7. The van der Waals surface area contributed by atoms with Gasteiger partial charge >= 0.3 is 17.9 Å². The molecule has 8 heteroatoms. The molecule has 1 N–H and O–H groups in total. The lowest BCUT2D eigenvalue weighted by Gasteiger charge is -2.21. The average molecular weight is 1150 g/mol. The highest BCUT2D eigenvalue weighted by molar-refractivity contribution is 5.92. The molecule has 0 aromatic heterocycles. The fourth-order valence-corrected chi connectivity index (χ4v) is 10.6. The molecule has 84 heavy (non-hydrogen) atoms. The Bertz CT molecular complexity index is 3100. The van der Waals surface area contributed by atoms with Gasteiger partial charge in [0.15, 0.2) is 0 Å². The van der Waals surface area contributed by atoms with Crippen LogP contribution in [0.3, 0.4) is 0 Å². The van der Waals surface area contributed by atoms with Crippen LogP contribution in [-0.2, 0) is 30.6 Å². The number of hydrogen-bond donors (Lipinski definition) is 1. The lowest BCUT2D eigenvalue weighted by Crippen LogP contribution is -2.14. The van der Waals surface area contributed by atoms with Crippen molar-refractivity contribution in [2.24, 2.45) is 0 Å². The molecule has 0 amide bonds. The lowest BCUT2D eigenvalue weighted by molar-refractivity contribution is -0.134. The molecule has 3 aliphatic rings. The van der Waals surface area contributed by atoms with Crippen molar-refractivity contribution in [3.63, 3.8) is 0 Å². The van der Waals surface area contributed by atoms with Gasteiger partial charge in [0, 0.05) is 16.7 Å². The van der Waals surface area contributed by atoms with Gasteiger partial charge in [-0.3, -0.25) is 14.4 Å². The Labute approximate surface area is 507 Å². The maximum atomic E-state index is 12.7. The summed E-state index contributed by atoms with van der Waals surface area (Å²) in [5, 5.41) is 9.01. The molecule has 3 aliphatic heterocycles. The van der Waals surface area contributed by atoms with Crippen molar-refractivity contribution in [2.75, 3.05) is 13.2 Å². The number of ether oxygens (including phenoxy) is 4. The quantitative estimate of drug-likeness (QED) is 0.130. The van der Waals surface area contributed by atoms with Crippen molar-refractivity contribution in [1.82, 2.24) is 0 Å². The van der Waals surface area contributed by atoms with Gasteiger partial charge in [0.1, 0.15) is 47.4 Å². The van der Waals surface area contributed by atoms with E-state index in [1.165, 1.54) is 69.3 Å². The Morgan fingerprint density at radius 3 is 0.810 bits per heavy atom. The van der Waals surface area contributed by atoms with E-state index in [0.29, 0.717) is 5.75 Å². The van der Waals surface area contributed by atoms with Crippen LogP contribution in [0.5, 0.6) is 23.0 Å². The molecule has 0 radical (unpaired) electrons. The Morgan fingerprint density at radius 1 is 0.369 bits per heavy atom. The number of benzene rings is 6. The number of carbonyl (C=O) groups is 3. The van der Waals surface area contributed by atoms with Crippen LogP contribution in [0.1, 0.15) is 252 Å². The van der Waals surface area contributed by atoms with E-state index in [9.17, 15) is 14.4 Å². The minimum Gasteiger partial charge on any atom is -0.491 e. The number of aryl methyl sites for hydroxylation is 9. The Kier molecular flexibility index (Phi) is 24.2. The number of aliphatic hydroxyl groups excluding tert-OH is 1. The molecule has 0 saturated carbocycles. The lowest BCUT2D eigenvalue weighted by atomic mass is 9.81. The molecule has 0 fully saturated rings. The summed E-state index contributed by atoms with van der Waals surface area (Å²) in [5.41, 5.74) is 22.1. The van der Waals surface area contributed by atoms with Gasteiger partial charge < -0.3 is 24.1 Å². The van der Waals surface area contributed by atoms with Crippen LogP contribution in [-0.4, -0.2) is 36.2 Å². The van der Waals surface area contributed by atoms with E-state index < -0.39 is 5.92 Å². The second kappa shape index (κ2) is 29.1. The van der Waals surface area contributed by atoms with E-state index in [1.54, 1.807) is 0 Å². The Morgan fingerprint density at radius 2 is 0.595 bits per heavy atom. The highest BCUT2D eigenvalue weighted by Crippen LogP contribution is 2.47. The van der Waals surface area contributed by atoms with Crippen molar-refractivity contribution < 1.29 is 38.4 Å². The summed E-state index contributed by atoms with van der Waals surface area (Å²) < 4.78 is 22.6. The van der Waals surface area contributed by atoms with E-state index in [0.717, 1.165) is 78.4 Å². The fraction of sp³-hybridized carbons (Fsp3) is 0.487. The second-order valence-electron chi connectivity index (χ2n) is 26.7. The molecule has 9 rings (SSSR count). The first kappa shape index (κ1) is 70.0. The van der Waals surface area contributed by atoms with Crippen molar-refractivity contribution in [1.29, 1.82) is 0 Å². The molecular weight excluding hydrogens is 1040 g/mol. The third kappa shape index (κ3) is 16.5. The summed E-state index contributed by atoms with van der Waals surface area (Å²) in [4.78, 5) is 38.0. The van der Waals surface area contributed by atoms with Gasteiger partial charge in [-0.05, 0) is 187 Å². The van der Waals surface area contributed by atoms with E-state index in [4.69, 9.17) is 24.1 Å². The maximum Gasteiger partial charge on any atom is 0.323 e. The van der Waals surface area contributed by atoms with Gasteiger partial charge in [-0.1, -0.05) is 196 Å². The zero-order chi connectivity index (χ0) is 63.7. The first-order valence-electron chi connectivity index (χ1n) is 30.7. The molecular formula is C76H104O8. The molecule has 0 bridgehead atoms. The van der Waals surface area contributed by atoms with Gasteiger partial charge in [0.05, 0.1) is 6.61 Å². The first-order valence-corrected chi connectivity index (χ1v) is 30.7. The van der Waals surface area contributed by atoms with Crippen molar-refractivity contribution in [3.05, 3.63) is 184 Å². The number of hydrogen-bond acceptors (Lipinski definition) is 8. The summed E-state index contributed by atoms with van der Waals surface area (Å²) in [5.74, 6) is 1.31. The Balaban J connectivity index is 0.000000252. The third-order valence-corrected chi connectivity index (χ3v) is 15.5. The topological polar surface area (TPSA) is 108 Å². The molecule has 0 saturated heterocycles. The fourth-order valence-electron chi connectivity index (χ4n) is 10.6. The van der Waals surface area contributed by atoms with Crippen molar-refractivity contribution in [3.8, 4) is 23.0 Å². The summed E-state index contributed by atoms with van der Waals surface area (Å²) in [7, 11) is 0. The molecule has 6 aromatic rings. The molecule has 0 spiro atoms. The van der Waals surface area contributed by atoms with Crippen LogP contribution in [0.25, 0.3) is 0 Å². The smallest absolute Gasteiger partial charge is 0.323 e. The minimum atomic E-state index is -0.426. The van der Waals surface area contributed by atoms with E-state index in [2.05, 4.69) is 206 Å². The van der Waals surface area contributed by atoms with E-state index in [-0.39, 0.29) is 59.2 Å². The highest BCUT2D eigenvalue weighted by Gasteiger charge is 2.40. The summed E-state index contributed by atoms with van der Waals surface area (Å²) >= 11 is 0. The zero-order valence-electron chi connectivity index (χ0n) is 56.5. The summed E-state index contributed by atoms with van der Waals surface area (Å²) in [6, 6.07) is 25.3. The van der Waals surface area contributed by atoms with Crippen molar-refractivity contribution >= 4 is 17.9 Å². The molecule has 3 unspecified atom stereocenters. The normalized spacial score (nSPS) is 15.6. The molecule has 456 valence electrons. The molecule has 6 aromatic carbocycles. The summed E-state index contributed by atoms with van der Waals surface area (Å²) in [6.45, 7) is 55.3. The molecule has 8 nitrogen and oxygen atoms in total. The van der Waals surface area contributed by atoms with Gasteiger partial charge in [-0.25, -0.2) is 0 Å². The predicted molar refractivity (Wildman–Crippen MR) is 350 cm³/mol. The number of esters is 3. The van der Waals surface area contributed by atoms with Crippen LogP contribution in [0.4, 0.5) is 0 Å². The predicted octanol–water partition coefficient (Wildman–Crippen LogP) is 19.1.